The third-order valence-electron chi connectivity index (χ3n) is 12.3. The van der Waals surface area contributed by atoms with Gasteiger partial charge in [0.05, 0.1) is 18.2 Å². The molecule has 0 aromatic carbocycles. The molecule has 46 heavy (non-hydrogen) atoms. The second-order valence-corrected chi connectivity index (χ2v) is 15.8. The minimum absolute atomic E-state index is 0.0645. The van der Waals surface area contributed by atoms with Gasteiger partial charge in [0.2, 0.25) is 5.91 Å². The molecule has 0 aromatic rings. The summed E-state index contributed by atoms with van der Waals surface area (Å²) in [7, 11) is 0. The van der Waals surface area contributed by atoms with Crippen molar-refractivity contribution in [1.29, 1.82) is 0 Å². The van der Waals surface area contributed by atoms with Gasteiger partial charge in [-0.3, -0.25) is 15.4 Å². The van der Waals surface area contributed by atoms with Gasteiger partial charge in [-0.2, -0.15) is 0 Å². The van der Waals surface area contributed by atoms with Gasteiger partial charge in [-0.25, -0.2) is 4.79 Å². The Balaban J connectivity index is 1.26. The Morgan fingerprint density at radius 2 is 1.35 bits per heavy atom. The molecule has 3 amide bonds. The molecule has 0 aromatic heterocycles. The maximum atomic E-state index is 12.8. The van der Waals surface area contributed by atoms with Crippen LogP contribution >= 0.6 is 0 Å². The molecule has 9 atom stereocenters. The van der Waals surface area contributed by atoms with Crippen LogP contribution in [0.15, 0.2) is 0 Å². The monoisotopic (exact) mass is 646 g/mol. The Morgan fingerprint density at radius 1 is 0.739 bits per heavy atom. The molecule has 3 unspecified atom stereocenters. The number of nitrogens with one attached hydrogen (secondary N) is 2. The molecule has 2 aliphatic heterocycles. The third-order valence-corrected chi connectivity index (χ3v) is 12.3. The lowest BCUT2D eigenvalue weighted by molar-refractivity contribution is -0.126. The summed E-state index contributed by atoms with van der Waals surface area (Å²) >= 11 is 0. The smallest absolute Gasteiger partial charge is 0.325 e. The van der Waals surface area contributed by atoms with Gasteiger partial charge in [0.25, 0.3) is 0 Å². The maximum Gasteiger partial charge on any atom is 0.325 e. The van der Waals surface area contributed by atoms with Crippen molar-refractivity contribution < 1.29 is 14.3 Å². The standard InChI is InChI=1S/C40H75N3O3/c1-7-10-11-22-25-35-37(36(9-3)41-38(35)43-29-31(5)39(44)42-40(43)45)46-26-23-20-18-16-14-12-13-15-17-19-21-24-33-27-30(4)32(6)34(8-2)28-33/h30-38,41H,7-29H2,1-6H3,(H,42,44,45)/t30-,31?,32-,33?,34+,35+,36-,37?,38+/m1/s1. The molecule has 1 saturated carbocycles. The summed E-state index contributed by atoms with van der Waals surface area (Å²) in [5, 5.41) is 6.34. The number of amides is 3. The summed E-state index contributed by atoms with van der Waals surface area (Å²) in [4.78, 5) is 26.8. The minimum Gasteiger partial charge on any atom is -0.376 e. The molecule has 6 heteroatoms. The molecule has 3 aliphatic rings. The molecule has 3 rings (SSSR count). The topological polar surface area (TPSA) is 70.7 Å². The number of imide groups is 1. The normalized spacial score (nSPS) is 31.9. The Hall–Kier alpha value is -1.14. The largest absolute Gasteiger partial charge is 0.376 e. The van der Waals surface area contributed by atoms with Gasteiger partial charge in [-0.15, -0.1) is 0 Å². The van der Waals surface area contributed by atoms with Crippen molar-refractivity contribution in [3.63, 3.8) is 0 Å². The highest BCUT2D eigenvalue weighted by molar-refractivity contribution is 5.97. The highest BCUT2D eigenvalue weighted by Crippen LogP contribution is 2.41. The van der Waals surface area contributed by atoms with Gasteiger partial charge in [0.1, 0.15) is 0 Å². The van der Waals surface area contributed by atoms with Crippen molar-refractivity contribution in [1.82, 2.24) is 15.5 Å². The van der Waals surface area contributed by atoms with E-state index in [0.29, 0.717) is 6.54 Å². The van der Waals surface area contributed by atoms with E-state index in [1.54, 1.807) is 0 Å². The summed E-state index contributed by atoms with van der Waals surface area (Å²) in [5.74, 6) is 3.75. The van der Waals surface area contributed by atoms with Gasteiger partial charge in [-0.05, 0) is 55.8 Å². The predicted octanol–water partition coefficient (Wildman–Crippen LogP) is 10.2. The van der Waals surface area contributed by atoms with E-state index in [-0.39, 0.29) is 42.1 Å². The molecule has 2 saturated heterocycles. The molecular weight excluding hydrogens is 570 g/mol. The first-order valence-corrected chi connectivity index (χ1v) is 20.3. The number of ether oxygens (including phenoxy) is 1. The third kappa shape index (κ3) is 12.4. The first-order chi connectivity index (χ1) is 22.3. The first-order valence-electron chi connectivity index (χ1n) is 20.3. The van der Waals surface area contributed by atoms with Crippen LogP contribution in [0.1, 0.15) is 176 Å². The van der Waals surface area contributed by atoms with E-state index in [2.05, 4.69) is 45.3 Å². The van der Waals surface area contributed by atoms with Crippen LogP contribution in [0.5, 0.6) is 0 Å². The fourth-order valence-corrected chi connectivity index (χ4v) is 9.02. The van der Waals surface area contributed by atoms with Gasteiger partial charge in [-0.1, -0.05) is 144 Å². The SMILES string of the molecule is CCCCCC[C@H]1C(OCCCCCCCCCCCCCC2C[C@H](CC)[C@H](C)[C@H](C)C2)[C@@H](CC)N[C@H]1N1CC(C)C(=O)NC1=O. The highest BCUT2D eigenvalue weighted by atomic mass is 16.5. The molecule has 1 aliphatic carbocycles. The van der Waals surface area contributed by atoms with Crippen molar-refractivity contribution in [2.75, 3.05) is 13.2 Å². The molecule has 6 nitrogen and oxygen atoms in total. The highest BCUT2D eigenvalue weighted by Gasteiger charge is 2.48. The molecule has 268 valence electrons. The number of carbonyl (C=O) groups excluding carboxylic acids is 2. The lowest BCUT2D eigenvalue weighted by Gasteiger charge is -2.38. The van der Waals surface area contributed by atoms with Crippen LogP contribution in [-0.2, 0) is 9.53 Å². The van der Waals surface area contributed by atoms with Gasteiger partial charge in [0.15, 0.2) is 0 Å². The van der Waals surface area contributed by atoms with Crippen molar-refractivity contribution in [3.8, 4) is 0 Å². The van der Waals surface area contributed by atoms with E-state index in [1.807, 2.05) is 11.8 Å². The number of nitrogens with zero attached hydrogens (tertiary/aromatic N) is 1. The van der Waals surface area contributed by atoms with E-state index in [0.717, 1.165) is 56.0 Å². The minimum atomic E-state index is -0.251. The number of urea groups is 1. The van der Waals surface area contributed by atoms with Crippen molar-refractivity contribution in [3.05, 3.63) is 0 Å². The van der Waals surface area contributed by atoms with E-state index in [4.69, 9.17) is 4.74 Å². The zero-order valence-electron chi connectivity index (χ0n) is 31.1. The number of hydrogen-bond acceptors (Lipinski definition) is 4. The molecule has 2 N–H and O–H groups in total. The summed E-state index contributed by atoms with van der Waals surface area (Å²) in [6, 6.07) is -0.00563. The van der Waals surface area contributed by atoms with Crippen LogP contribution in [0.25, 0.3) is 0 Å². The molecule has 2 heterocycles. The van der Waals surface area contributed by atoms with Crippen LogP contribution in [0.4, 0.5) is 4.79 Å². The molecule has 3 fully saturated rings. The zero-order valence-corrected chi connectivity index (χ0v) is 31.1. The average molecular weight is 646 g/mol. The number of unbranched alkanes of at least 4 members (excludes halogenated alkanes) is 13. The second kappa shape index (κ2) is 21.8. The van der Waals surface area contributed by atoms with Crippen LogP contribution in [-0.4, -0.2) is 48.3 Å². The second-order valence-electron chi connectivity index (χ2n) is 15.8. The zero-order chi connectivity index (χ0) is 33.3. The lowest BCUT2D eigenvalue weighted by Crippen LogP contribution is -2.61. The average Bonchev–Trinajstić information content (AvgIpc) is 3.39. The van der Waals surface area contributed by atoms with Crippen LogP contribution in [0, 0.1) is 35.5 Å². The fourth-order valence-electron chi connectivity index (χ4n) is 9.02. The van der Waals surface area contributed by atoms with Crippen LogP contribution < -0.4 is 10.6 Å². The summed E-state index contributed by atoms with van der Waals surface area (Å²) in [6.45, 7) is 15.0. The molecule has 0 radical (unpaired) electrons. The van der Waals surface area contributed by atoms with Crippen LogP contribution in [0.2, 0.25) is 0 Å². The van der Waals surface area contributed by atoms with Gasteiger partial charge < -0.3 is 9.64 Å². The van der Waals surface area contributed by atoms with Crippen molar-refractivity contribution in [2.24, 2.45) is 35.5 Å². The predicted molar refractivity (Wildman–Crippen MR) is 193 cm³/mol. The van der Waals surface area contributed by atoms with Gasteiger partial charge >= 0.3 is 6.03 Å². The summed E-state index contributed by atoms with van der Waals surface area (Å²) in [5.41, 5.74) is 0. The van der Waals surface area contributed by atoms with E-state index >= 15 is 0 Å². The molecule has 0 spiro atoms. The first kappa shape index (κ1) is 39.3. The quantitative estimate of drug-likeness (QED) is 0.109. The fraction of sp³-hybridized carbons (Fsp3) is 0.950. The maximum absolute atomic E-state index is 12.8. The van der Waals surface area contributed by atoms with E-state index < -0.39 is 0 Å². The van der Waals surface area contributed by atoms with Crippen LogP contribution in [0.3, 0.4) is 0 Å². The van der Waals surface area contributed by atoms with Crippen molar-refractivity contribution >= 4 is 11.9 Å². The Bertz CT molecular complexity index is 852. The summed E-state index contributed by atoms with van der Waals surface area (Å²) < 4.78 is 6.64. The Morgan fingerprint density at radius 3 is 1.98 bits per heavy atom. The molecular formula is C40H75N3O3. The van der Waals surface area contributed by atoms with E-state index in [9.17, 15) is 9.59 Å². The Labute approximate surface area is 284 Å². The number of rotatable bonds is 23. The Kier molecular flexibility index (Phi) is 18.6. The number of carbonyl (C=O) groups is 2. The number of hydrogen-bond donors (Lipinski definition) is 2. The molecule has 0 bridgehead atoms. The van der Waals surface area contributed by atoms with E-state index in [1.165, 1.54) is 109 Å². The van der Waals surface area contributed by atoms with Crippen molar-refractivity contribution in [2.45, 2.75) is 195 Å². The lowest BCUT2D eigenvalue weighted by atomic mass is 9.67. The summed E-state index contributed by atoms with van der Waals surface area (Å²) in [6.07, 6.45) is 27.7. The van der Waals surface area contributed by atoms with Gasteiger partial charge in [0, 0.05) is 25.1 Å².